The van der Waals surface area contributed by atoms with Gasteiger partial charge in [0.25, 0.3) is 5.91 Å². The molecule has 0 saturated heterocycles. The van der Waals surface area contributed by atoms with E-state index in [0.717, 1.165) is 5.56 Å². The SMILES string of the molecule is CC(NC(=O)C(NC(=O)c1cccs1)C(C)C)c1ccc(Cl)cc1Cl. The minimum absolute atomic E-state index is 0.0585. The van der Waals surface area contributed by atoms with Gasteiger partial charge in [-0.15, -0.1) is 11.3 Å². The normalized spacial score (nSPS) is 13.4. The van der Waals surface area contributed by atoms with Crippen molar-refractivity contribution < 1.29 is 9.59 Å². The number of rotatable bonds is 6. The summed E-state index contributed by atoms with van der Waals surface area (Å²) >= 11 is 13.4. The van der Waals surface area contributed by atoms with Gasteiger partial charge in [-0.2, -0.15) is 0 Å². The molecule has 0 aliphatic rings. The summed E-state index contributed by atoms with van der Waals surface area (Å²) < 4.78 is 0. The van der Waals surface area contributed by atoms with E-state index in [1.54, 1.807) is 30.3 Å². The lowest BCUT2D eigenvalue weighted by Crippen LogP contribution is -2.50. The molecular weight excluding hydrogens is 379 g/mol. The Morgan fingerprint density at radius 3 is 2.36 bits per heavy atom. The van der Waals surface area contributed by atoms with E-state index >= 15 is 0 Å². The summed E-state index contributed by atoms with van der Waals surface area (Å²) in [5.74, 6) is -0.559. The zero-order valence-corrected chi connectivity index (χ0v) is 16.5. The first kappa shape index (κ1) is 19.8. The summed E-state index contributed by atoms with van der Waals surface area (Å²) in [4.78, 5) is 25.5. The van der Waals surface area contributed by atoms with Gasteiger partial charge in [-0.05, 0) is 42.0 Å². The molecule has 0 saturated carbocycles. The van der Waals surface area contributed by atoms with Crippen molar-refractivity contribution in [2.75, 3.05) is 0 Å². The maximum Gasteiger partial charge on any atom is 0.262 e. The Kier molecular flexibility index (Phi) is 6.87. The van der Waals surface area contributed by atoms with Crippen LogP contribution in [0.25, 0.3) is 0 Å². The second-order valence-corrected chi connectivity index (χ2v) is 7.86. The predicted molar refractivity (Wildman–Crippen MR) is 103 cm³/mol. The topological polar surface area (TPSA) is 58.2 Å². The Bertz CT molecular complexity index is 748. The first-order chi connectivity index (χ1) is 11.8. The molecule has 1 heterocycles. The number of carbonyl (C=O) groups excluding carboxylic acids is 2. The molecule has 2 rings (SSSR count). The van der Waals surface area contributed by atoms with Gasteiger partial charge in [0.05, 0.1) is 10.9 Å². The van der Waals surface area contributed by atoms with Crippen LogP contribution < -0.4 is 10.6 Å². The molecule has 2 unspecified atom stereocenters. The van der Waals surface area contributed by atoms with Crippen LogP contribution in [0.3, 0.4) is 0 Å². The first-order valence-electron chi connectivity index (χ1n) is 7.89. The smallest absolute Gasteiger partial charge is 0.262 e. The highest BCUT2D eigenvalue weighted by atomic mass is 35.5. The fourth-order valence-electron chi connectivity index (χ4n) is 2.39. The summed E-state index contributed by atoms with van der Waals surface area (Å²) in [6, 6.07) is 7.73. The van der Waals surface area contributed by atoms with Crippen LogP contribution in [0.4, 0.5) is 0 Å². The number of thiophene rings is 1. The molecule has 7 heteroatoms. The molecule has 2 amide bonds. The maximum absolute atomic E-state index is 12.7. The van der Waals surface area contributed by atoms with Crippen LogP contribution in [0.2, 0.25) is 10.0 Å². The third kappa shape index (κ3) is 5.21. The van der Waals surface area contributed by atoms with Crippen LogP contribution in [0, 0.1) is 5.92 Å². The number of nitrogens with one attached hydrogen (secondary N) is 2. The van der Waals surface area contributed by atoms with Gasteiger partial charge in [0.2, 0.25) is 5.91 Å². The van der Waals surface area contributed by atoms with Crippen molar-refractivity contribution >= 4 is 46.4 Å². The quantitative estimate of drug-likeness (QED) is 0.741. The molecule has 25 heavy (non-hydrogen) atoms. The Morgan fingerprint density at radius 2 is 1.80 bits per heavy atom. The fourth-order valence-corrected chi connectivity index (χ4v) is 3.59. The van der Waals surface area contributed by atoms with E-state index in [0.29, 0.717) is 14.9 Å². The summed E-state index contributed by atoms with van der Waals surface area (Å²) in [6.07, 6.45) is 0. The van der Waals surface area contributed by atoms with Crippen molar-refractivity contribution in [2.24, 2.45) is 5.92 Å². The second kappa shape index (κ2) is 8.70. The third-order valence-corrected chi connectivity index (χ3v) is 5.20. The number of amides is 2. The molecule has 134 valence electrons. The summed E-state index contributed by atoms with van der Waals surface area (Å²) in [5.41, 5.74) is 0.770. The molecule has 2 aromatic rings. The Labute approximate surface area is 161 Å². The largest absolute Gasteiger partial charge is 0.348 e. The van der Waals surface area contributed by atoms with E-state index in [9.17, 15) is 9.59 Å². The van der Waals surface area contributed by atoms with Gasteiger partial charge in [-0.3, -0.25) is 9.59 Å². The lowest BCUT2D eigenvalue weighted by molar-refractivity contribution is -0.124. The number of halogens is 2. The van der Waals surface area contributed by atoms with Crippen LogP contribution in [0.15, 0.2) is 35.7 Å². The van der Waals surface area contributed by atoms with Crippen molar-refractivity contribution in [3.8, 4) is 0 Å². The standard InChI is InChI=1S/C18H20Cl2N2O2S/c1-10(2)16(22-17(23)15-5-4-8-25-15)18(24)21-11(3)13-7-6-12(19)9-14(13)20/h4-11,16H,1-3H3,(H,21,24)(H,22,23). The monoisotopic (exact) mass is 398 g/mol. The molecule has 1 aromatic heterocycles. The van der Waals surface area contributed by atoms with Crippen molar-refractivity contribution in [3.05, 3.63) is 56.2 Å². The summed E-state index contributed by atoms with van der Waals surface area (Å²) in [6.45, 7) is 5.61. The highest BCUT2D eigenvalue weighted by molar-refractivity contribution is 7.12. The average molecular weight is 399 g/mol. The van der Waals surface area contributed by atoms with Gasteiger partial charge >= 0.3 is 0 Å². The second-order valence-electron chi connectivity index (χ2n) is 6.07. The maximum atomic E-state index is 12.7. The minimum atomic E-state index is -0.636. The number of hydrogen-bond donors (Lipinski definition) is 2. The minimum Gasteiger partial charge on any atom is -0.348 e. The Balaban J connectivity index is 2.08. The van der Waals surface area contributed by atoms with E-state index in [2.05, 4.69) is 10.6 Å². The van der Waals surface area contributed by atoms with Gasteiger partial charge in [0, 0.05) is 10.0 Å². The molecule has 0 radical (unpaired) electrons. The van der Waals surface area contributed by atoms with E-state index in [1.165, 1.54) is 11.3 Å². The van der Waals surface area contributed by atoms with Crippen LogP contribution >= 0.6 is 34.5 Å². The number of hydrogen-bond acceptors (Lipinski definition) is 3. The molecule has 0 spiro atoms. The van der Waals surface area contributed by atoms with Gasteiger partial charge in [-0.1, -0.05) is 49.2 Å². The third-order valence-electron chi connectivity index (χ3n) is 3.77. The van der Waals surface area contributed by atoms with E-state index in [-0.39, 0.29) is 23.8 Å². The molecule has 1 aromatic carbocycles. The van der Waals surface area contributed by atoms with Crippen molar-refractivity contribution in [1.82, 2.24) is 10.6 Å². The van der Waals surface area contributed by atoms with Crippen molar-refractivity contribution in [2.45, 2.75) is 32.9 Å². The van der Waals surface area contributed by atoms with Crippen LogP contribution in [-0.4, -0.2) is 17.9 Å². The van der Waals surface area contributed by atoms with Crippen LogP contribution in [-0.2, 0) is 4.79 Å². The molecule has 0 bridgehead atoms. The average Bonchev–Trinajstić information content (AvgIpc) is 3.06. The molecule has 2 atom stereocenters. The fraction of sp³-hybridized carbons (Fsp3) is 0.333. The zero-order chi connectivity index (χ0) is 18.6. The highest BCUT2D eigenvalue weighted by Crippen LogP contribution is 2.26. The molecule has 0 fully saturated rings. The molecule has 2 N–H and O–H groups in total. The van der Waals surface area contributed by atoms with E-state index in [1.807, 2.05) is 26.2 Å². The lowest BCUT2D eigenvalue weighted by Gasteiger charge is -2.24. The summed E-state index contributed by atoms with van der Waals surface area (Å²) in [5, 5.41) is 8.57. The molecular formula is C18H20Cl2N2O2S. The van der Waals surface area contributed by atoms with Crippen LogP contribution in [0.1, 0.15) is 42.0 Å². The Morgan fingerprint density at radius 1 is 1.08 bits per heavy atom. The van der Waals surface area contributed by atoms with Crippen molar-refractivity contribution in [3.63, 3.8) is 0 Å². The van der Waals surface area contributed by atoms with Crippen molar-refractivity contribution in [1.29, 1.82) is 0 Å². The molecule has 4 nitrogen and oxygen atoms in total. The number of benzene rings is 1. The number of carbonyl (C=O) groups is 2. The van der Waals surface area contributed by atoms with E-state index in [4.69, 9.17) is 23.2 Å². The highest BCUT2D eigenvalue weighted by Gasteiger charge is 2.26. The van der Waals surface area contributed by atoms with Gasteiger partial charge in [0.1, 0.15) is 6.04 Å². The molecule has 0 aliphatic heterocycles. The lowest BCUT2D eigenvalue weighted by atomic mass is 10.0. The van der Waals surface area contributed by atoms with E-state index < -0.39 is 6.04 Å². The predicted octanol–water partition coefficient (Wildman–Crippen LogP) is 4.69. The first-order valence-corrected chi connectivity index (χ1v) is 9.53. The molecule has 0 aliphatic carbocycles. The van der Waals surface area contributed by atoms with Gasteiger partial charge in [-0.25, -0.2) is 0 Å². The summed E-state index contributed by atoms with van der Waals surface area (Å²) in [7, 11) is 0. The van der Waals surface area contributed by atoms with Gasteiger partial charge < -0.3 is 10.6 Å². The van der Waals surface area contributed by atoms with Crippen LogP contribution in [0.5, 0.6) is 0 Å². The zero-order valence-electron chi connectivity index (χ0n) is 14.2. The Hall–Kier alpha value is -1.56. The van der Waals surface area contributed by atoms with Gasteiger partial charge in [0.15, 0.2) is 0 Å².